The molecule has 0 aliphatic carbocycles. The number of nitrogens with zero attached hydrogens (tertiary/aromatic N) is 1. The molecule has 0 atom stereocenters. The van der Waals surface area contributed by atoms with Crippen LogP contribution in [0.1, 0.15) is 12.0 Å². The monoisotopic (exact) mass is 498 g/mol. The molecule has 0 fully saturated rings. The summed E-state index contributed by atoms with van der Waals surface area (Å²) in [6, 6.07) is 20.5. The first-order chi connectivity index (χ1) is 16.9. The maximum Gasteiger partial charge on any atom is 0.264 e. The zero-order valence-corrected chi connectivity index (χ0v) is 20.9. The number of sulfonamides is 1. The number of ether oxygens (including phenoxy) is 3. The van der Waals surface area contributed by atoms with Crippen LogP contribution >= 0.6 is 0 Å². The maximum atomic E-state index is 13.5. The van der Waals surface area contributed by atoms with Gasteiger partial charge in [-0.3, -0.25) is 9.10 Å². The zero-order valence-electron chi connectivity index (χ0n) is 20.1. The summed E-state index contributed by atoms with van der Waals surface area (Å²) in [5, 5.41) is 2.82. The lowest BCUT2D eigenvalue weighted by Crippen LogP contribution is -2.41. The molecule has 3 rings (SSSR count). The molecule has 0 heterocycles. The number of anilines is 1. The number of amides is 1. The lowest BCUT2D eigenvalue weighted by Gasteiger charge is -2.25. The van der Waals surface area contributed by atoms with Crippen molar-refractivity contribution in [1.82, 2.24) is 5.32 Å². The molecular formula is C26H30N2O6S. The summed E-state index contributed by atoms with van der Waals surface area (Å²) in [5.41, 5.74) is 1.38. The number of nitrogens with one attached hydrogen (secondary N) is 1. The van der Waals surface area contributed by atoms with Gasteiger partial charge in [-0.2, -0.15) is 0 Å². The summed E-state index contributed by atoms with van der Waals surface area (Å²) >= 11 is 0. The molecule has 8 nitrogen and oxygen atoms in total. The van der Waals surface area contributed by atoms with E-state index >= 15 is 0 Å². The van der Waals surface area contributed by atoms with Crippen molar-refractivity contribution in [2.75, 3.05) is 38.7 Å². The van der Waals surface area contributed by atoms with Crippen molar-refractivity contribution in [3.63, 3.8) is 0 Å². The molecular weight excluding hydrogens is 468 g/mol. The van der Waals surface area contributed by atoms with Gasteiger partial charge in [-0.15, -0.1) is 0 Å². The molecule has 0 aliphatic rings. The first kappa shape index (κ1) is 25.9. The number of hydrogen-bond acceptors (Lipinski definition) is 6. The normalized spacial score (nSPS) is 10.9. The second kappa shape index (κ2) is 12.1. The van der Waals surface area contributed by atoms with E-state index in [2.05, 4.69) is 5.32 Å². The summed E-state index contributed by atoms with van der Waals surface area (Å²) < 4.78 is 43.8. The Balaban J connectivity index is 1.75. The molecule has 1 N–H and O–H groups in total. The van der Waals surface area contributed by atoms with Crippen molar-refractivity contribution in [3.8, 4) is 17.2 Å². The number of benzene rings is 3. The molecule has 35 heavy (non-hydrogen) atoms. The lowest BCUT2D eigenvalue weighted by atomic mass is 10.1. The van der Waals surface area contributed by atoms with Crippen LogP contribution in [-0.2, 0) is 21.2 Å². The highest BCUT2D eigenvalue weighted by Gasteiger charge is 2.28. The van der Waals surface area contributed by atoms with E-state index in [1.165, 1.54) is 32.4 Å². The average molecular weight is 499 g/mol. The Hall–Kier alpha value is -3.72. The van der Waals surface area contributed by atoms with E-state index in [-0.39, 0.29) is 17.1 Å². The number of hydrogen-bond donors (Lipinski definition) is 1. The Bertz CT molecular complexity index is 1230. The molecule has 1 amide bonds. The number of carbonyl (C=O) groups excluding carboxylic acids is 1. The third-order valence-electron chi connectivity index (χ3n) is 5.37. The summed E-state index contributed by atoms with van der Waals surface area (Å²) in [7, 11) is 0.565. The quantitative estimate of drug-likeness (QED) is 0.383. The maximum absolute atomic E-state index is 13.5. The average Bonchev–Trinajstić information content (AvgIpc) is 2.89. The highest BCUT2D eigenvalue weighted by Crippen LogP contribution is 2.33. The highest BCUT2D eigenvalue weighted by atomic mass is 32.2. The van der Waals surface area contributed by atoms with Crippen LogP contribution in [0.15, 0.2) is 77.7 Å². The topological polar surface area (TPSA) is 94.2 Å². The lowest BCUT2D eigenvalue weighted by molar-refractivity contribution is -0.119. The van der Waals surface area contributed by atoms with Crippen molar-refractivity contribution in [3.05, 3.63) is 78.4 Å². The van der Waals surface area contributed by atoms with E-state index in [4.69, 9.17) is 14.2 Å². The van der Waals surface area contributed by atoms with Crippen molar-refractivity contribution < 1.29 is 27.4 Å². The molecule has 0 saturated heterocycles. The molecule has 0 aliphatic heterocycles. The van der Waals surface area contributed by atoms with Crippen molar-refractivity contribution >= 4 is 21.6 Å². The Kier molecular flexibility index (Phi) is 8.97. The van der Waals surface area contributed by atoms with E-state index in [1.54, 1.807) is 37.4 Å². The fourth-order valence-electron chi connectivity index (χ4n) is 3.55. The highest BCUT2D eigenvalue weighted by molar-refractivity contribution is 7.92. The van der Waals surface area contributed by atoms with Crippen LogP contribution in [0.3, 0.4) is 0 Å². The van der Waals surface area contributed by atoms with E-state index in [0.29, 0.717) is 24.5 Å². The molecule has 186 valence electrons. The van der Waals surface area contributed by atoms with Crippen molar-refractivity contribution in [2.24, 2.45) is 0 Å². The van der Waals surface area contributed by atoms with Crippen molar-refractivity contribution in [2.45, 2.75) is 17.7 Å². The number of methoxy groups -OCH3 is 3. The molecule has 0 bridgehead atoms. The largest absolute Gasteiger partial charge is 0.497 e. The minimum Gasteiger partial charge on any atom is -0.497 e. The molecule has 0 saturated carbocycles. The second-order valence-corrected chi connectivity index (χ2v) is 9.53. The van der Waals surface area contributed by atoms with Gasteiger partial charge in [0.15, 0.2) is 11.5 Å². The van der Waals surface area contributed by atoms with Gasteiger partial charge in [-0.1, -0.05) is 30.3 Å². The Morgan fingerprint density at radius 3 is 2.29 bits per heavy atom. The fourth-order valence-corrected chi connectivity index (χ4v) is 4.98. The van der Waals surface area contributed by atoms with Crippen LogP contribution in [0.25, 0.3) is 0 Å². The van der Waals surface area contributed by atoms with Crippen LogP contribution in [0.4, 0.5) is 5.69 Å². The third kappa shape index (κ3) is 6.66. The fraction of sp³-hybridized carbons (Fsp3) is 0.269. The zero-order chi connectivity index (χ0) is 25.3. The second-order valence-electron chi connectivity index (χ2n) is 7.67. The Morgan fingerprint density at radius 1 is 0.857 bits per heavy atom. The first-order valence-electron chi connectivity index (χ1n) is 11.1. The molecule has 0 spiro atoms. The summed E-state index contributed by atoms with van der Waals surface area (Å²) in [5.74, 6) is 1.18. The predicted molar refractivity (Wildman–Crippen MR) is 135 cm³/mol. The molecule has 3 aromatic carbocycles. The molecule has 9 heteroatoms. The van der Waals surface area contributed by atoms with Crippen LogP contribution in [0, 0.1) is 0 Å². The first-order valence-corrected chi connectivity index (χ1v) is 12.5. The van der Waals surface area contributed by atoms with E-state index < -0.39 is 15.9 Å². The number of rotatable bonds is 12. The van der Waals surface area contributed by atoms with Gasteiger partial charge in [-0.05, 0) is 54.8 Å². The molecule has 3 aromatic rings. The van der Waals surface area contributed by atoms with Crippen LogP contribution in [-0.4, -0.2) is 48.7 Å². The predicted octanol–water partition coefficient (Wildman–Crippen LogP) is 3.66. The smallest absolute Gasteiger partial charge is 0.264 e. The van der Waals surface area contributed by atoms with Gasteiger partial charge in [0.05, 0.1) is 31.9 Å². The van der Waals surface area contributed by atoms with Crippen LogP contribution < -0.4 is 23.8 Å². The minimum absolute atomic E-state index is 0.0839. The van der Waals surface area contributed by atoms with E-state index in [9.17, 15) is 13.2 Å². The van der Waals surface area contributed by atoms with Gasteiger partial charge >= 0.3 is 0 Å². The van der Waals surface area contributed by atoms with Gasteiger partial charge in [0.25, 0.3) is 10.0 Å². The van der Waals surface area contributed by atoms with Gasteiger partial charge in [0.1, 0.15) is 12.3 Å². The standard InChI is InChI=1S/C26H30N2O6S/c1-32-22-11-7-9-20(17-22)10-8-16-27-26(29)19-28(35(30,31)23-12-5-4-6-13-23)21-14-15-24(33-2)25(18-21)34-3/h4-7,9,11-15,17-18H,8,10,16,19H2,1-3H3,(H,27,29). The molecule has 0 aromatic heterocycles. The number of carbonyl (C=O) groups is 1. The SMILES string of the molecule is COc1cccc(CCCNC(=O)CN(c2ccc(OC)c(OC)c2)S(=O)(=O)c2ccccc2)c1. The molecule has 0 radical (unpaired) electrons. The summed E-state index contributed by atoms with van der Waals surface area (Å²) in [6.45, 7) is 0.0209. The number of aryl methyl sites for hydroxylation is 1. The summed E-state index contributed by atoms with van der Waals surface area (Å²) in [6.07, 6.45) is 1.44. The third-order valence-corrected chi connectivity index (χ3v) is 7.16. The van der Waals surface area contributed by atoms with Gasteiger partial charge in [0, 0.05) is 12.6 Å². The summed E-state index contributed by atoms with van der Waals surface area (Å²) in [4.78, 5) is 12.9. The van der Waals surface area contributed by atoms with Gasteiger partial charge in [0.2, 0.25) is 5.91 Å². The van der Waals surface area contributed by atoms with Gasteiger partial charge < -0.3 is 19.5 Å². The molecule has 0 unspecified atom stereocenters. The van der Waals surface area contributed by atoms with Crippen LogP contribution in [0.2, 0.25) is 0 Å². The Labute approximate surface area is 206 Å². The van der Waals surface area contributed by atoms with E-state index in [0.717, 1.165) is 22.0 Å². The van der Waals surface area contributed by atoms with Gasteiger partial charge in [-0.25, -0.2) is 8.42 Å². The minimum atomic E-state index is -4.01. The Morgan fingerprint density at radius 2 is 1.60 bits per heavy atom. The van der Waals surface area contributed by atoms with Crippen molar-refractivity contribution in [1.29, 1.82) is 0 Å². The van der Waals surface area contributed by atoms with E-state index in [1.807, 2.05) is 24.3 Å². The van der Waals surface area contributed by atoms with Crippen LogP contribution in [0.5, 0.6) is 17.2 Å².